The maximum absolute atomic E-state index is 10.1. The van der Waals surface area contributed by atoms with Gasteiger partial charge < -0.3 is 26.3 Å². The van der Waals surface area contributed by atoms with Crippen molar-refractivity contribution in [2.45, 2.75) is 78.6 Å². The lowest BCUT2D eigenvalue weighted by molar-refractivity contribution is -0.305. The maximum atomic E-state index is 10.1. The van der Waals surface area contributed by atoms with Crippen molar-refractivity contribution in [2.24, 2.45) is 0 Å². The molecule has 0 spiro atoms. The van der Waals surface area contributed by atoms with E-state index in [4.69, 9.17) is 10.2 Å². The summed E-state index contributed by atoms with van der Waals surface area (Å²) in [5.41, 5.74) is 0. The molecule has 126 valence electrons. The van der Waals surface area contributed by atoms with Crippen LogP contribution in [0.5, 0.6) is 0 Å². The molecule has 0 aliphatic heterocycles. The molecule has 0 aliphatic carbocycles. The van der Waals surface area contributed by atoms with Crippen LogP contribution in [0.25, 0.3) is 0 Å². The summed E-state index contributed by atoms with van der Waals surface area (Å²) in [6.45, 7) is 6.07. The highest BCUT2D eigenvalue weighted by Crippen LogP contribution is 2.08. The van der Waals surface area contributed by atoms with Crippen molar-refractivity contribution in [3.05, 3.63) is 0 Å². The van der Waals surface area contributed by atoms with E-state index in [1.165, 1.54) is 38.5 Å². The van der Waals surface area contributed by atoms with Gasteiger partial charge in [-0.3, -0.25) is 0 Å². The first-order valence-corrected chi connectivity index (χ1v) is 7.52. The molecule has 0 aromatic rings. The molecule has 0 aliphatic rings. The predicted octanol–water partition coefficient (Wildman–Crippen LogP) is 2.64. The Hall–Kier alpha value is -0.650. The van der Waals surface area contributed by atoms with Gasteiger partial charge in [0, 0.05) is 19.2 Å². The first kappa shape index (κ1) is 27.7. The number of hydrogen-bond acceptors (Lipinski definition) is 4. The molecule has 0 aromatic carbocycles. The minimum Gasteiger partial charge on any atom is -0.550 e. The van der Waals surface area contributed by atoms with Crippen LogP contribution in [0.3, 0.4) is 0 Å². The number of unbranched alkanes of at least 4 members (excludes halogenated alkanes) is 7. The van der Waals surface area contributed by atoms with Crippen molar-refractivity contribution >= 4 is 5.97 Å². The molecule has 20 heavy (non-hydrogen) atoms. The normalized spacial score (nSPS) is 8.45. The molecule has 0 bridgehead atoms. The van der Waals surface area contributed by atoms with E-state index in [0.717, 1.165) is 12.8 Å². The number of carbonyl (C=O) groups is 1. The molecular weight excluding hydrogens is 258 g/mol. The van der Waals surface area contributed by atoms with Crippen LogP contribution in [0.4, 0.5) is 0 Å². The van der Waals surface area contributed by atoms with Crippen LogP contribution in [-0.2, 0) is 4.79 Å². The van der Waals surface area contributed by atoms with Gasteiger partial charge in [-0.15, -0.1) is 0 Å². The second kappa shape index (κ2) is 31.0. The van der Waals surface area contributed by atoms with Gasteiger partial charge in [0.2, 0.25) is 0 Å². The van der Waals surface area contributed by atoms with Crippen LogP contribution in [0.1, 0.15) is 78.6 Å². The average molecular weight is 295 g/mol. The molecule has 0 unspecified atom stereocenters. The third kappa shape index (κ3) is 53.1. The first-order chi connectivity index (χ1) is 9.10. The Morgan fingerprint density at radius 1 is 0.800 bits per heavy atom. The minimum atomic E-state index is -0.911. The molecular formula is C15H37NO4. The SMILES string of the molecule is CCCCCCCCCCC(=O)[O-].CCO.CCO.[NH4+]. The number of carbonyl (C=O) groups excluding carboxylic acids is 1. The smallest absolute Gasteiger partial charge is 0.0414 e. The number of aliphatic hydroxyl groups excluding tert-OH is 2. The molecule has 0 amide bonds. The summed E-state index contributed by atoms with van der Waals surface area (Å²) in [5, 5.41) is 25.2. The molecule has 0 aromatic heterocycles. The van der Waals surface area contributed by atoms with Crippen LogP contribution < -0.4 is 11.3 Å². The zero-order valence-electron chi connectivity index (χ0n) is 14.0. The van der Waals surface area contributed by atoms with Crippen LogP contribution >= 0.6 is 0 Å². The van der Waals surface area contributed by atoms with Crippen molar-refractivity contribution in [1.82, 2.24) is 6.15 Å². The Balaban J connectivity index is -0.000000156. The molecule has 0 saturated heterocycles. The summed E-state index contributed by atoms with van der Waals surface area (Å²) in [6, 6.07) is 0. The maximum Gasteiger partial charge on any atom is 0.0414 e. The Bertz CT molecular complexity index is 153. The van der Waals surface area contributed by atoms with E-state index in [2.05, 4.69) is 6.92 Å². The zero-order chi connectivity index (χ0) is 15.4. The number of quaternary nitrogens is 1. The van der Waals surface area contributed by atoms with Gasteiger partial charge in [0.1, 0.15) is 0 Å². The highest BCUT2D eigenvalue weighted by atomic mass is 16.4. The average Bonchev–Trinajstić information content (AvgIpc) is 2.34. The fraction of sp³-hybridized carbons (Fsp3) is 0.933. The largest absolute Gasteiger partial charge is 0.550 e. The number of aliphatic carboxylic acids is 1. The molecule has 5 nitrogen and oxygen atoms in total. The quantitative estimate of drug-likeness (QED) is 0.567. The zero-order valence-corrected chi connectivity index (χ0v) is 14.0. The number of carboxylic acid groups (broad SMARTS) is 1. The first-order valence-electron chi connectivity index (χ1n) is 7.52. The third-order valence-electron chi connectivity index (χ3n) is 2.23. The number of aliphatic hydroxyl groups is 2. The van der Waals surface area contributed by atoms with Gasteiger partial charge in [-0.1, -0.05) is 51.9 Å². The van der Waals surface area contributed by atoms with Crippen molar-refractivity contribution in [2.75, 3.05) is 13.2 Å². The Labute approximate surface area is 125 Å². The number of hydrogen-bond donors (Lipinski definition) is 3. The van der Waals surface area contributed by atoms with E-state index in [1.54, 1.807) is 13.8 Å². The minimum absolute atomic E-state index is 0. The fourth-order valence-corrected chi connectivity index (χ4v) is 1.40. The van der Waals surface area contributed by atoms with E-state index in [-0.39, 0.29) is 25.8 Å². The summed E-state index contributed by atoms with van der Waals surface area (Å²) in [7, 11) is 0. The lowest BCUT2D eigenvalue weighted by Crippen LogP contribution is -2.21. The topological polar surface area (TPSA) is 117 Å². The van der Waals surface area contributed by atoms with Gasteiger partial charge in [-0.05, 0) is 26.7 Å². The lowest BCUT2D eigenvalue weighted by Gasteiger charge is -2.02. The molecule has 5 heteroatoms. The summed E-state index contributed by atoms with van der Waals surface area (Å²) < 4.78 is 0. The number of carboxylic acids is 1. The van der Waals surface area contributed by atoms with E-state index in [0.29, 0.717) is 0 Å². The van der Waals surface area contributed by atoms with Gasteiger partial charge in [0.15, 0.2) is 0 Å². The van der Waals surface area contributed by atoms with Gasteiger partial charge in [-0.25, -0.2) is 0 Å². The second-order valence-corrected chi connectivity index (χ2v) is 4.23. The van der Waals surface area contributed by atoms with Crippen LogP contribution in [0.2, 0.25) is 0 Å². The van der Waals surface area contributed by atoms with Crippen molar-refractivity contribution in [3.8, 4) is 0 Å². The summed E-state index contributed by atoms with van der Waals surface area (Å²) in [4.78, 5) is 10.1. The standard InChI is InChI=1S/C11H22O2.2C2H6O.H3N/c1-2-3-4-5-6-7-8-9-10-11(12)13;2*1-2-3;/h2-10H2,1H3,(H,12,13);2*3H,2H2,1H3;1H3. The summed E-state index contributed by atoms with van der Waals surface area (Å²) >= 11 is 0. The van der Waals surface area contributed by atoms with Crippen molar-refractivity contribution < 1.29 is 20.1 Å². The molecule has 0 fully saturated rings. The Kier molecular flexibility index (Phi) is 42.9. The van der Waals surface area contributed by atoms with Crippen LogP contribution in [0.15, 0.2) is 0 Å². The van der Waals surface area contributed by atoms with Gasteiger partial charge >= 0.3 is 0 Å². The van der Waals surface area contributed by atoms with Crippen LogP contribution in [-0.4, -0.2) is 29.4 Å². The van der Waals surface area contributed by atoms with Crippen molar-refractivity contribution in [3.63, 3.8) is 0 Å². The molecule has 0 atom stereocenters. The molecule has 0 heterocycles. The highest BCUT2D eigenvalue weighted by molar-refractivity contribution is 5.63. The van der Waals surface area contributed by atoms with Gasteiger partial charge in [-0.2, -0.15) is 0 Å². The van der Waals surface area contributed by atoms with E-state index < -0.39 is 5.97 Å². The monoisotopic (exact) mass is 295 g/mol. The predicted molar refractivity (Wildman–Crippen MR) is 83.7 cm³/mol. The van der Waals surface area contributed by atoms with Gasteiger partial charge in [0.05, 0.1) is 0 Å². The highest BCUT2D eigenvalue weighted by Gasteiger charge is 1.91. The van der Waals surface area contributed by atoms with Crippen molar-refractivity contribution in [1.29, 1.82) is 0 Å². The molecule has 6 N–H and O–H groups in total. The molecule has 0 saturated carbocycles. The van der Waals surface area contributed by atoms with Crippen LogP contribution in [0, 0.1) is 0 Å². The lowest BCUT2D eigenvalue weighted by atomic mass is 10.1. The Morgan fingerprint density at radius 2 is 1.10 bits per heavy atom. The number of rotatable bonds is 9. The molecule has 0 radical (unpaired) electrons. The van der Waals surface area contributed by atoms with E-state index >= 15 is 0 Å². The summed E-state index contributed by atoms with van der Waals surface area (Å²) in [5.74, 6) is -0.911. The fourth-order valence-electron chi connectivity index (χ4n) is 1.40. The third-order valence-corrected chi connectivity index (χ3v) is 2.23. The molecule has 0 rings (SSSR count). The summed E-state index contributed by atoms with van der Waals surface area (Å²) in [6.07, 6.45) is 9.75. The van der Waals surface area contributed by atoms with E-state index in [1.807, 2.05) is 0 Å². The second-order valence-electron chi connectivity index (χ2n) is 4.23. The van der Waals surface area contributed by atoms with E-state index in [9.17, 15) is 9.90 Å². The van der Waals surface area contributed by atoms with Gasteiger partial charge in [0.25, 0.3) is 0 Å². The Morgan fingerprint density at radius 3 is 1.40 bits per heavy atom.